The number of rotatable bonds is 5. The van der Waals surface area contributed by atoms with Crippen molar-refractivity contribution in [2.24, 2.45) is 0 Å². The minimum absolute atomic E-state index is 0.155. The third-order valence-electron chi connectivity index (χ3n) is 5.09. The van der Waals surface area contributed by atoms with Crippen molar-refractivity contribution in [3.05, 3.63) is 0 Å². The summed E-state index contributed by atoms with van der Waals surface area (Å²) in [7, 11) is 2.26. The number of nitrogens with zero attached hydrogens (tertiary/aromatic N) is 2. The highest BCUT2D eigenvalue weighted by atomic mass is 16.6. The lowest BCUT2D eigenvalue weighted by Gasteiger charge is -2.37. The second-order valence-electron chi connectivity index (χ2n) is 6.89. The summed E-state index contributed by atoms with van der Waals surface area (Å²) in [4.78, 5) is 16.1. The van der Waals surface area contributed by atoms with Crippen molar-refractivity contribution >= 4 is 6.09 Å². The summed E-state index contributed by atoms with van der Waals surface area (Å²) in [5, 5.41) is 3.77. The Morgan fingerprint density at radius 2 is 1.95 bits per heavy atom. The van der Waals surface area contributed by atoms with Crippen LogP contribution in [0.15, 0.2) is 0 Å². The second kappa shape index (κ2) is 8.73. The molecule has 0 spiro atoms. The molecule has 2 fully saturated rings. The van der Waals surface area contributed by atoms with Gasteiger partial charge in [-0.25, -0.2) is 4.79 Å². The molecule has 0 aromatic heterocycles. The number of carbonyl (C=O) groups excluding carboxylic acids is 1. The quantitative estimate of drug-likeness (QED) is 0.847. The fourth-order valence-corrected chi connectivity index (χ4v) is 3.76. The molecule has 2 atom stereocenters. The average molecular weight is 311 g/mol. The van der Waals surface area contributed by atoms with Crippen LogP contribution in [0, 0.1) is 0 Å². The van der Waals surface area contributed by atoms with Gasteiger partial charge in [-0.05, 0) is 59.5 Å². The molecule has 2 aliphatic heterocycles. The van der Waals surface area contributed by atoms with Crippen molar-refractivity contribution in [1.82, 2.24) is 15.1 Å². The molecule has 2 heterocycles. The lowest BCUT2D eigenvalue weighted by molar-refractivity contribution is 0.0933. The molecule has 22 heavy (non-hydrogen) atoms. The van der Waals surface area contributed by atoms with Gasteiger partial charge in [0.15, 0.2) is 0 Å². The lowest BCUT2D eigenvalue weighted by Crippen LogP contribution is -2.49. The van der Waals surface area contributed by atoms with Crippen LogP contribution in [0.4, 0.5) is 4.79 Å². The van der Waals surface area contributed by atoms with Gasteiger partial charge in [0, 0.05) is 31.2 Å². The van der Waals surface area contributed by atoms with Crippen LogP contribution < -0.4 is 5.32 Å². The van der Waals surface area contributed by atoms with Crippen molar-refractivity contribution in [3.8, 4) is 0 Å². The van der Waals surface area contributed by atoms with Gasteiger partial charge in [0.25, 0.3) is 0 Å². The van der Waals surface area contributed by atoms with E-state index >= 15 is 0 Å². The summed E-state index contributed by atoms with van der Waals surface area (Å²) >= 11 is 0. The number of nitrogens with one attached hydrogen (secondary N) is 1. The maximum Gasteiger partial charge on any atom is 0.409 e. The molecule has 0 saturated carbocycles. The second-order valence-corrected chi connectivity index (χ2v) is 6.89. The Labute approximate surface area is 135 Å². The van der Waals surface area contributed by atoms with Crippen molar-refractivity contribution in [2.45, 2.75) is 70.5 Å². The summed E-state index contributed by atoms with van der Waals surface area (Å²) in [5.41, 5.74) is 0. The molecule has 0 aliphatic carbocycles. The van der Waals surface area contributed by atoms with E-state index in [4.69, 9.17) is 4.74 Å². The van der Waals surface area contributed by atoms with Gasteiger partial charge < -0.3 is 19.9 Å². The zero-order valence-electron chi connectivity index (χ0n) is 14.5. The van der Waals surface area contributed by atoms with Crippen LogP contribution in [0.25, 0.3) is 0 Å². The fraction of sp³-hybridized carbons (Fsp3) is 0.941. The van der Waals surface area contributed by atoms with Crippen molar-refractivity contribution in [2.75, 3.05) is 33.3 Å². The van der Waals surface area contributed by atoms with Crippen LogP contribution >= 0.6 is 0 Å². The summed E-state index contributed by atoms with van der Waals surface area (Å²) < 4.78 is 5.07. The normalized spacial score (nSPS) is 26.0. The molecule has 2 aliphatic rings. The van der Waals surface area contributed by atoms with Gasteiger partial charge in [-0.3, -0.25) is 0 Å². The largest absolute Gasteiger partial charge is 0.450 e. The first kappa shape index (κ1) is 17.5. The fourth-order valence-electron chi connectivity index (χ4n) is 3.76. The number of ether oxygens (including phenoxy) is 1. The Morgan fingerprint density at radius 3 is 2.59 bits per heavy atom. The van der Waals surface area contributed by atoms with Gasteiger partial charge in [-0.15, -0.1) is 0 Å². The predicted molar refractivity (Wildman–Crippen MR) is 89.1 cm³/mol. The van der Waals surface area contributed by atoms with E-state index in [1.165, 1.54) is 32.2 Å². The van der Waals surface area contributed by atoms with Crippen LogP contribution in [-0.4, -0.2) is 67.3 Å². The smallest absolute Gasteiger partial charge is 0.409 e. The molecule has 0 radical (unpaired) electrons. The van der Waals surface area contributed by atoms with E-state index in [0.29, 0.717) is 18.7 Å². The minimum atomic E-state index is -0.155. The van der Waals surface area contributed by atoms with E-state index in [1.54, 1.807) is 0 Å². The Kier molecular flexibility index (Phi) is 6.96. The summed E-state index contributed by atoms with van der Waals surface area (Å²) in [5.74, 6) is 0. The van der Waals surface area contributed by atoms with Gasteiger partial charge in [-0.2, -0.15) is 0 Å². The van der Waals surface area contributed by atoms with E-state index in [-0.39, 0.29) is 6.09 Å². The standard InChI is InChI=1S/C17H33N3O2/c1-4-22-17(21)20-11-8-15(9-12-20)18-14(2)13-16-7-5-6-10-19(16)3/h14-16,18H,4-13H2,1-3H3. The maximum atomic E-state index is 11.7. The molecule has 0 aromatic rings. The van der Waals surface area contributed by atoms with Crippen LogP contribution in [0.2, 0.25) is 0 Å². The molecule has 2 unspecified atom stereocenters. The third-order valence-corrected chi connectivity index (χ3v) is 5.09. The molecular formula is C17H33N3O2. The molecule has 128 valence electrons. The molecule has 0 aromatic carbocycles. The Morgan fingerprint density at radius 1 is 1.23 bits per heavy atom. The van der Waals surface area contributed by atoms with Crippen molar-refractivity contribution in [1.29, 1.82) is 0 Å². The van der Waals surface area contributed by atoms with E-state index in [0.717, 1.165) is 32.0 Å². The van der Waals surface area contributed by atoms with Crippen LogP contribution in [0.3, 0.4) is 0 Å². The zero-order valence-corrected chi connectivity index (χ0v) is 14.5. The number of hydrogen-bond donors (Lipinski definition) is 1. The van der Waals surface area contributed by atoms with Crippen molar-refractivity contribution < 1.29 is 9.53 Å². The van der Waals surface area contributed by atoms with E-state index in [2.05, 4.69) is 24.2 Å². The first-order chi connectivity index (χ1) is 10.6. The van der Waals surface area contributed by atoms with Gasteiger partial charge in [0.2, 0.25) is 0 Å². The van der Waals surface area contributed by atoms with Crippen molar-refractivity contribution in [3.63, 3.8) is 0 Å². The number of carbonyl (C=O) groups is 1. The zero-order chi connectivity index (χ0) is 15.9. The molecular weight excluding hydrogens is 278 g/mol. The van der Waals surface area contributed by atoms with Crippen LogP contribution in [0.5, 0.6) is 0 Å². The van der Waals surface area contributed by atoms with Gasteiger partial charge in [0.05, 0.1) is 6.61 Å². The lowest BCUT2D eigenvalue weighted by atomic mass is 9.96. The monoisotopic (exact) mass is 311 g/mol. The summed E-state index contributed by atoms with van der Waals surface area (Å²) in [6.45, 7) is 7.49. The first-order valence-corrected chi connectivity index (χ1v) is 8.98. The Bertz CT molecular complexity index is 343. The van der Waals surface area contributed by atoms with Crippen LogP contribution in [0.1, 0.15) is 52.4 Å². The number of likely N-dealkylation sites (tertiary alicyclic amines) is 2. The summed E-state index contributed by atoms with van der Waals surface area (Å²) in [6.07, 6.45) is 7.20. The number of piperidine rings is 2. The average Bonchev–Trinajstić information content (AvgIpc) is 2.50. The van der Waals surface area contributed by atoms with E-state index < -0.39 is 0 Å². The molecule has 5 nitrogen and oxygen atoms in total. The molecule has 1 amide bonds. The Balaban J connectivity index is 1.68. The molecule has 2 rings (SSSR count). The predicted octanol–water partition coefficient (Wildman–Crippen LogP) is 2.46. The summed E-state index contributed by atoms with van der Waals surface area (Å²) in [6, 6.07) is 1.81. The number of amides is 1. The van der Waals surface area contributed by atoms with Crippen LogP contribution in [-0.2, 0) is 4.74 Å². The minimum Gasteiger partial charge on any atom is -0.450 e. The number of hydrogen-bond acceptors (Lipinski definition) is 4. The molecule has 5 heteroatoms. The highest BCUT2D eigenvalue weighted by Gasteiger charge is 2.26. The highest BCUT2D eigenvalue weighted by Crippen LogP contribution is 2.20. The molecule has 0 bridgehead atoms. The van der Waals surface area contributed by atoms with E-state index in [1.807, 2.05) is 11.8 Å². The van der Waals surface area contributed by atoms with Gasteiger partial charge in [0.1, 0.15) is 0 Å². The molecule has 2 saturated heterocycles. The van der Waals surface area contributed by atoms with E-state index in [9.17, 15) is 4.79 Å². The third kappa shape index (κ3) is 5.13. The maximum absolute atomic E-state index is 11.7. The Hall–Kier alpha value is -0.810. The highest BCUT2D eigenvalue weighted by molar-refractivity contribution is 5.67. The van der Waals surface area contributed by atoms with Gasteiger partial charge >= 0.3 is 6.09 Å². The van der Waals surface area contributed by atoms with Gasteiger partial charge in [-0.1, -0.05) is 6.42 Å². The SMILES string of the molecule is CCOC(=O)N1CCC(NC(C)CC2CCCCN2C)CC1. The topological polar surface area (TPSA) is 44.8 Å². The first-order valence-electron chi connectivity index (χ1n) is 8.98. The molecule has 1 N–H and O–H groups in total.